The second kappa shape index (κ2) is 7.37. The largest absolute Gasteiger partial charge is 0.481 e. The van der Waals surface area contributed by atoms with Gasteiger partial charge in [0.05, 0.1) is 13.2 Å². The summed E-state index contributed by atoms with van der Waals surface area (Å²) < 4.78 is 5.19. The van der Waals surface area contributed by atoms with Crippen molar-refractivity contribution in [2.75, 3.05) is 12.9 Å². The van der Waals surface area contributed by atoms with Gasteiger partial charge in [0.1, 0.15) is 0 Å². The Bertz CT molecular complexity index is 693. The van der Waals surface area contributed by atoms with Crippen LogP contribution in [-0.2, 0) is 6.54 Å². The fourth-order valence-electron chi connectivity index (χ4n) is 2.62. The van der Waals surface area contributed by atoms with Crippen molar-refractivity contribution < 1.29 is 9.53 Å². The number of rotatable bonds is 4. The minimum absolute atomic E-state index is 0.0586. The molecule has 0 saturated carbocycles. The monoisotopic (exact) mass is 329 g/mol. The lowest BCUT2D eigenvalue weighted by atomic mass is 10.0. The zero-order valence-corrected chi connectivity index (χ0v) is 13.7. The summed E-state index contributed by atoms with van der Waals surface area (Å²) in [6.07, 6.45) is 2.60. The lowest BCUT2D eigenvalue weighted by molar-refractivity contribution is 0.236. The predicted molar refractivity (Wildman–Crippen MR) is 90.7 cm³/mol. The summed E-state index contributed by atoms with van der Waals surface area (Å²) in [5, 5.41) is 5.93. The van der Waals surface area contributed by atoms with Crippen LogP contribution >= 0.6 is 11.8 Å². The van der Waals surface area contributed by atoms with Crippen LogP contribution in [0.3, 0.4) is 0 Å². The summed E-state index contributed by atoms with van der Waals surface area (Å²) in [5.74, 6) is 1.55. The van der Waals surface area contributed by atoms with Gasteiger partial charge in [-0.3, -0.25) is 0 Å². The first-order valence-electron chi connectivity index (χ1n) is 7.52. The van der Waals surface area contributed by atoms with Crippen molar-refractivity contribution in [3.05, 3.63) is 53.7 Å². The van der Waals surface area contributed by atoms with Crippen LogP contribution in [0.5, 0.6) is 5.88 Å². The van der Waals surface area contributed by atoms with E-state index in [0.29, 0.717) is 12.4 Å². The van der Waals surface area contributed by atoms with Gasteiger partial charge >= 0.3 is 6.03 Å². The lowest BCUT2D eigenvalue weighted by Crippen LogP contribution is -2.38. The highest BCUT2D eigenvalue weighted by Crippen LogP contribution is 2.35. The number of benzene rings is 1. The van der Waals surface area contributed by atoms with Crippen LogP contribution in [0.2, 0.25) is 0 Å². The molecule has 0 unspecified atom stereocenters. The average Bonchev–Trinajstić information content (AvgIpc) is 2.60. The molecule has 2 heterocycles. The van der Waals surface area contributed by atoms with Crippen LogP contribution in [0.1, 0.15) is 23.6 Å². The normalized spacial score (nSPS) is 16.3. The van der Waals surface area contributed by atoms with Crippen LogP contribution in [0.25, 0.3) is 0 Å². The number of methoxy groups -OCH3 is 1. The third kappa shape index (κ3) is 3.76. The number of carbonyl (C=O) groups is 1. The molecule has 1 aromatic carbocycles. The number of thioether (sulfide) groups is 1. The van der Waals surface area contributed by atoms with Crippen molar-refractivity contribution in [1.29, 1.82) is 0 Å². The highest BCUT2D eigenvalue weighted by Gasteiger charge is 2.21. The molecule has 2 aromatic rings. The number of amides is 2. The summed E-state index contributed by atoms with van der Waals surface area (Å²) in [4.78, 5) is 17.6. The Morgan fingerprint density at radius 2 is 2.22 bits per heavy atom. The Labute approximate surface area is 139 Å². The summed E-state index contributed by atoms with van der Waals surface area (Å²) in [7, 11) is 1.57. The van der Waals surface area contributed by atoms with Gasteiger partial charge in [0.25, 0.3) is 0 Å². The van der Waals surface area contributed by atoms with E-state index in [9.17, 15) is 4.79 Å². The smallest absolute Gasteiger partial charge is 0.315 e. The molecular formula is C17H19N3O2S. The van der Waals surface area contributed by atoms with E-state index in [2.05, 4.69) is 27.8 Å². The minimum atomic E-state index is -0.178. The highest BCUT2D eigenvalue weighted by atomic mass is 32.2. The van der Waals surface area contributed by atoms with Gasteiger partial charge in [-0.25, -0.2) is 9.78 Å². The molecule has 1 aliphatic rings. The quantitative estimate of drug-likeness (QED) is 0.904. The maximum Gasteiger partial charge on any atom is 0.315 e. The van der Waals surface area contributed by atoms with Gasteiger partial charge in [0.15, 0.2) is 0 Å². The SMILES string of the molecule is COc1ncccc1CNC(=O)N[C@@H]1CCSc2ccccc21. The van der Waals surface area contributed by atoms with Gasteiger partial charge in [0.2, 0.25) is 5.88 Å². The van der Waals surface area contributed by atoms with Crippen molar-refractivity contribution in [3.63, 3.8) is 0 Å². The van der Waals surface area contributed by atoms with Crippen molar-refractivity contribution in [2.45, 2.75) is 23.9 Å². The molecule has 0 radical (unpaired) electrons. The third-order valence-corrected chi connectivity index (χ3v) is 4.87. The van der Waals surface area contributed by atoms with E-state index in [1.54, 1.807) is 13.3 Å². The highest BCUT2D eigenvalue weighted by molar-refractivity contribution is 7.99. The molecule has 0 bridgehead atoms. The van der Waals surface area contributed by atoms with Gasteiger partial charge < -0.3 is 15.4 Å². The first-order valence-corrected chi connectivity index (χ1v) is 8.50. The molecule has 1 aromatic heterocycles. The molecule has 0 saturated heterocycles. The van der Waals surface area contributed by atoms with Crippen LogP contribution in [0.4, 0.5) is 4.79 Å². The average molecular weight is 329 g/mol. The number of nitrogens with one attached hydrogen (secondary N) is 2. The molecule has 2 amide bonds. The molecule has 3 rings (SSSR count). The van der Waals surface area contributed by atoms with E-state index in [1.165, 1.54) is 10.5 Å². The van der Waals surface area contributed by atoms with Crippen LogP contribution in [-0.4, -0.2) is 23.9 Å². The number of aromatic nitrogens is 1. The molecule has 0 spiro atoms. The number of ether oxygens (including phenoxy) is 1. The van der Waals surface area contributed by atoms with Crippen molar-refractivity contribution in [1.82, 2.24) is 15.6 Å². The molecule has 23 heavy (non-hydrogen) atoms. The second-order valence-corrected chi connectivity index (χ2v) is 6.36. The summed E-state index contributed by atoms with van der Waals surface area (Å²) in [5.41, 5.74) is 2.04. The number of carbonyl (C=O) groups excluding carboxylic acids is 1. The fourth-order valence-corrected chi connectivity index (χ4v) is 3.74. The Morgan fingerprint density at radius 1 is 1.35 bits per heavy atom. The number of urea groups is 1. The first kappa shape index (κ1) is 15.7. The second-order valence-electron chi connectivity index (χ2n) is 5.23. The zero-order chi connectivity index (χ0) is 16.1. The van der Waals surface area contributed by atoms with Crippen molar-refractivity contribution >= 4 is 17.8 Å². The van der Waals surface area contributed by atoms with E-state index in [4.69, 9.17) is 4.74 Å². The lowest BCUT2D eigenvalue weighted by Gasteiger charge is -2.26. The number of hydrogen-bond acceptors (Lipinski definition) is 4. The summed E-state index contributed by atoms with van der Waals surface area (Å²) in [6.45, 7) is 0.381. The van der Waals surface area contributed by atoms with Crippen LogP contribution < -0.4 is 15.4 Å². The maximum absolute atomic E-state index is 12.2. The van der Waals surface area contributed by atoms with E-state index in [1.807, 2.05) is 36.0 Å². The number of fused-ring (bicyclic) bond motifs is 1. The number of hydrogen-bond donors (Lipinski definition) is 2. The summed E-state index contributed by atoms with van der Waals surface area (Å²) >= 11 is 1.84. The molecule has 120 valence electrons. The molecule has 2 N–H and O–H groups in total. The third-order valence-electron chi connectivity index (χ3n) is 3.75. The minimum Gasteiger partial charge on any atom is -0.481 e. The van der Waals surface area contributed by atoms with E-state index < -0.39 is 0 Å². The van der Waals surface area contributed by atoms with Crippen molar-refractivity contribution in [3.8, 4) is 5.88 Å². The predicted octanol–water partition coefficient (Wildman–Crippen LogP) is 3.13. The number of nitrogens with zero attached hydrogens (tertiary/aromatic N) is 1. The molecule has 6 heteroatoms. The van der Waals surface area contributed by atoms with Crippen molar-refractivity contribution in [2.24, 2.45) is 0 Å². The van der Waals surface area contributed by atoms with E-state index in [0.717, 1.165) is 17.7 Å². The Balaban J connectivity index is 1.60. The molecule has 1 atom stereocenters. The Morgan fingerprint density at radius 3 is 3.09 bits per heavy atom. The van der Waals surface area contributed by atoms with Gasteiger partial charge in [-0.2, -0.15) is 0 Å². The molecular weight excluding hydrogens is 310 g/mol. The number of pyridine rings is 1. The van der Waals surface area contributed by atoms with Gasteiger partial charge in [-0.1, -0.05) is 24.3 Å². The molecule has 5 nitrogen and oxygen atoms in total. The summed E-state index contributed by atoms with van der Waals surface area (Å²) in [6, 6.07) is 11.8. The Hall–Kier alpha value is -2.21. The molecule has 0 aliphatic carbocycles. The Kier molecular flexibility index (Phi) is 5.02. The van der Waals surface area contributed by atoms with Crippen LogP contribution in [0.15, 0.2) is 47.5 Å². The molecule has 0 fully saturated rings. The van der Waals surface area contributed by atoms with Gasteiger partial charge in [0, 0.05) is 29.0 Å². The standard InChI is InChI=1S/C17H19N3O2S/c1-22-16-12(5-4-9-18-16)11-19-17(21)20-14-8-10-23-15-7-3-2-6-13(14)15/h2-7,9,14H,8,10-11H2,1H3,(H2,19,20,21)/t14-/m1/s1. The maximum atomic E-state index is 12.2. The first-order chi connectivity index (χ1) is 11.3. The van der Waals surface area contributed by atoms with Gasteiger partial charge in [-0.05, 0) is 24.1 Å². The van der Waals surface area contributed by atoms with Crippen LogP contribution in [0, 0.1) is 0 Å². The van der Waals surface area contributed by atoms with E-state index >= 15 is 0 Å². The van der Waals surface area contributed by atoms with E-state index in [-0.39, 0.29) is 12.1 Å². The van der Waals surface area contributed by atoms with Gasteiger partial charge in [-0.15, -0.1) is 11.8 Å². The molecule has 1 aliphatic heterocycles. The topological polar surface area (TPSA) is 63.2 Å². The zero-order valence-electron chi connectivity index (χ0n) is 12.9. The fraction of sp³-hybridized carbons (Fsp3) is 0.294.